The monoisotopic (exact) mass is 273 g/mol. The number of hydrogen-bond donors (Lipinski definition) is 1. The van der Waals surface area contributed by atoms with Crippen molar-refractivity contribution < 1.29 is 0 Å². The summed E-state index contributed by atoms with van der Waals surface area (Å²) in [7, 11) is 0. The van der Waals surface area contributed by atoms with Crippen molar-refractivity contribution in [2.45, 2.75) is 42.8 Å². The Morgan fingerprint density at radius 3 is 2.42 bits per heavy atom. The van der Waals surface area contributed by atoms with E-state index in [1.54, 1.807) is 30.4 Å². The molecule has 0 fully saturated rings. The molecule has 0 saturated carbocycles. The van der Waals surface area contributed by atoms with Gasteiger partial charge >= 0.3 is 0 Å². The zero-order valence-electron chi connectivity index (χ0n) is 11.6. The van der Waals surface area contributed by atoms with Crippen molar-refractivity contribution >= 4 is 11.8 Å². The van der Waals surface area contributed by atoms with Crippen LogP contribution in [0.3, 0.4) is 0 Å². The van der Waals surface area contributed by atoms with Gasteiger partial charge in [-0.2, -0.15) is 0 Å². The summed E-state index contributed by atoms with van der Waals surface area (Å²) < 4.78 is 0. The van der Waals surface area contributed by atoms with E-state index in [-0.39, 0.29) is 5.54 Å². The van der Waals surface area contributed by atoms with Crippen LogP contribution >= 0.6 is 11.8 Å². The molecule has 0 bridgehead atoms. The van der Waals surface area contributed by atoms with E-state index in [1.165, 1.54) is 10.5 Å². The van der Waals surface area contributed by atoms with E-state index >= 15 is 0 Å². The Balaban J connectivity index is 1.95. The highest BCUT2D eigenvalue weighted by Crippen LogP contribution is 2.25. The molecule has 0 amide bonds. The second kappa shape index (κ2) is 6.17. The molecule has 0 aliphatic rings. The lowest BCUT2D eigenvalue weighted by atomic mass is 10.1. The number of benzene rings is 1. The molecule has 1 N–H and O–H groups in total. The SMILES string of the molecule is CC(C)(C)NCc1ccc(Sc2cnccn2)cc1. The van der Waals surface area contributed by atoms with Gasteiger partial charge in [0.25, 0.3) is 0 Å². The van der Waals surface area contributed by atoms with Crippen LogP contribution in [0, 0.1) is 0 Å². The highest BCUT2D eigenvalue weighted by Gasteiger charge is 2.08. The first-order valence-corrected chi connectivity index (χ1v) is 7.12. The third-order valence-corrected chi connectivity index (χ3v) is 3.44. The summed E-state index contributed by atoms with van der Waals surface area (Å²) in [5, 5.41) is 4.40. The van der Waals surface area contributed by atoms with Crippen LogP contribution in [0.15, 0.2) is 52.8 Å². The molecule has 0 radical (unpaired) electrons. The Hall–Kier alpha value is -1.39. The summed E-state index contributed by atoms with van der Waals surface area (Å²) in [5.41, 5.74) is 1.44. The van der Waals surface area contributed by atoms with E-state index in [2.05, 4.69) is 60.3 Å². The molecule has 2 aromatic rings. The van der Waals surface area contributed by atoms with Crippen molar-refractivity contribution in [3.05, 3.63) is 48.4 Å². The predicted molar refractivity (Wildman–Crippen MR) is 79.2 cm³/mol. The lowest BCUT2D eigenvalue weighted by Crippen LogP contribution is -2.35. The maximum Gasteiger partial charge on any atom is 0.119 e. The van der Waals surface area contributed by atoms with Crippen LogP contribution in [0.2, 0.25) is 0 Å². The third kappa shape index (κ3) is 5.01. The standard InChI is InChI=1S/C15H19N3S/c1-15(2,3)18-10-12-4-6-13(7-5-12)19-14-11-16-8-9-17-14/h4-9,11,18H,10H2,1-3H3. The zero-order chi connectivity index (χ0) is 13.7. The van der Waals surface area contributed by atoms with Crippen LogP contribution < -0.4 is 5.32 Å². The summed E-state index contributed by atoms with van der Waals surface area (Å²) in [5.74, 6) is 0. The van der Waals surface area contributed by atoms with Crippen molar-refractivity contribution in [1.29, 1.82) is 0 Å². The molecule has 0 atom stereocenters. The van der Waals surface area contributed by atoms with Gasteiger partial charge in [0.1, 0.15) is 5.03 Å². The third-order valence-electron chi connectivity index (χ3n) is 2.51. The molecule has 0 unspecified atom stereocenters. The molecule has 0 aliphatic carbocycles. The first-order valence-electron chi connectivity index (χ1n) is 6.31. The van der Waals surface area contributed by atoms with Crippen molar-refractivity contribution in [3.8, 4) is 0 Å². The molecule has 0 aliphatic heterocycles. The fraction of sp³-hybridized carbons (Fsp3) is 0.333. The summed E-state index contributed by atoms with van der Waals surface area (Å²) in [6.07, 6.45) is 5.18. The molecule has 4 heteroatoms. The van der Waals surface area contributed by atoms with Gasteiger partial charge in [-0.25, -0.2) is 4.98 Å². The smallest absolute Gasteiger partial charge is 0.119 e. The van der Waals surface area contributed by atoms with Crippen LogP contribution in [0.1, 0.15) is 26.3 Å². The van der Waals surface area contributed by atoms with Crippen molar-refractivity contribution in [1.82, 2.24) is 15.3 Å². The quantitative estimate of drug-likeness (QED) is 0.925. The normalized spacial score (nSPS) is 11.5. The van der Waals surface area contributed by atoms with Gasteiger partial charge in [0, 0.05) is 29.4 Å². The average molecular weight is 273 g/mol. The van der Waals surface area contributed by atoms with Crippen molar-refractivity contribution in [2.75, 3.05) is 0 Å². The maximum atomic E-state index is 4.25. The van der Waals surface area contributed by atoms with Gasteiger partial charge in [0.2, 0.25) is 0 Å². The molecule has 1 aromatic carbocycles. The van der Waals surface area contributed by atoms with E-state index in [0.717, 1.165) is 11.6 Å². The van der Waals surface area contributed by atoms with Gasteiger partial charge < -0.3 is 5.32 Å². The second-order valence-corrected chi connectivity index (χ2v) is 6.49. The Bertz CT molecular complexity index is 503. The van der Waals surface area contributed by atoms with E-state index in [9.17, 15) is 0 Å². The summed E-state index contributed by atoms with van der Waals surface area (Å²) in [4.78, 5) is 9.50. The lowest BCUT2D eigenvalue weighted by Gasteiger charge is -2.20. The first-order chi connectivity index (χ1) is 9.03. The van der Waals surface area contributed by atoms with Gasteiger partial charge in [-0.3, -0.25) is 4.98 Å². The summed E-state index contributed by atoms with van der Waals surface area (Å²) >= 11 is 1.63. The number of nitrogens with one attached hydrogen (secondary N) is 1. The van der Waals surface area contributed by atoms with Crippen molar-refractivity contribution in [2.24, 2.45) is 0 Å². The molecule has 0 spiro atoms. The van der Waals surface area contributed by atoms with Gasteiger partial charge in [0.05, 0.1) is 6.20 Å². The highest BCUT2D eigenvalue weighted by molar-refractivity contribution is 7.99. The number of nitrogens with zero attached hydrogens (tertiary/aromatic N) is 2. The van der Waals surface area contributed by atoms with Gasteiger partial charge in [-0.1, -0.05) is 23.9 Å². The molecule has 3 nitrogen and oxygen atoms in total. The van der Waals surface area contributed by atoms with Gasteiger partial charge in [0.15, 0.2) is 0 Å². The fourth-order valence-corrected chi connectivity index (χ4v) is 2.24. The van der Waals surface area contributed by atoms with Crippen LogP contribution in [-0.4, -0.2) is 15.5 Å². The molecular formula is C15H19N3S. The molecule has 100 valence electrons. The molecule has 1 aromatic heterocycles. The Labute approximate surface area is 118 Å². The number of aromatic nitrogens is 2. The van der Waals surface area contributed by atoms with E-state index < -0.39 is 0 Å². The predicted octanol–water partition coefficient (Wildman–Crippen LogP) is 3.52. The molecule has 2 rings (SSSR count). The lowest BCUT2D eigenvalue weighted by molar-refractivity contribution is 0.424. The number of hydrogen-bond acceptors (Lipinski definition) is 4. The maximum absolute atomic E-state index is 4.25. The highest BCUT2D eigenvalue weighted by atomic mass is 32.2. The van der Waals surface area contributed by atoms with Crippen LogP contribution in [-0.2, 0) is 6.54 Å². The molecule has 19 heavy (non-hydrogen) atoms. The zero-order valence-corrected chi connectivity index (χ0v) is 12.4. The van der Waals surface area contributed by atoms with Crippen LogP contribution in [0.25, 0.3) is 0 Å². The Morgan fingerprint density at radius 1 is 1.11 bits per heavy atom. The number of rotatable bonds is 4. The van der Waals surface area contributed by atoms with Crippen molar-refractivity contribution in [3.63, 3.8) is 0 Å². The van der Waals surface area contributed by atoms with Crippen LogP contribution in [0.4, 0.5) is 0 Å². The van der Waals surface area contributed by atoms with E-state index in [1.807, 2.05) is 0 Å². The van der Waals surface area contributed by atoms with Gasteiger partial charge in [-0.15, -0.1) is 0 Å². The van der Waals surface area contributed by atoms with Crippen LogP contribution in [0.5, 0.6) is 0 Å². The molecular weight excluding hydrogens is 254 g/mol. The minimum atomic E-state index is 0.146. The Kier molecular flexibility index (Phi) is 4.56. The topological polar surface area (TPSA) is 37.8 Å². The minimum Gasteiger partial charge on any atom is -0.308 e. The minimum absolute atomic E-state index is 0.146. The fourth-order valence-electron chi connectivity index (χ4n) is 1.50. The first kappa shape index (κ1) is 14.0. The average Bonchev–Trinajstić information content (AvgIpc) is 2.38. The largest absolute Gasteiger partial charge is 0.308 e. The summed E-state index contributed by atoms with van der Waals surface area (Å²) in [6.45, 7) is 7.40. The van der Waals surface area contributed by atoms with E-state index in [4.69, 9.17) is 0 Å². The summed E-state index contributed by atoms with van der Waals surface area (Å²) in [6, 6.07) is 8.55. The molecule has 0 saturated heterocycles. The second-order valence-electron chi connectivity index (χ2n) is 5.39. The van der Waals surface area contributed by atoms with Gasteiger partial charge in [-0.05, 0) is 38.5 Å². The van der Waals surface area contributed by atoms with E-state index in [0.29, 0.717) is 0 Å². The Morgan fingerprint density at radius 2 is 1.84 bits per heavy atom. The molecule has 1 heterocycles.